The van der Waals surface area contributed by atoms with Crippen LogP contribution in [0.15, 0.2) is 5.38 Å². The molecule has 0 aromatic carbocycles. The summed E-state index contributed by atoms with van der Waals surface area (Å²) in [6, 6.07) is 0.505. The zero-order valence-electron chi connectivity index (χ0n) is 12.4. The highest BCUT2D eigenvalue weighted by molar-refractivity contribution is 7.09. The van der Waals surface area contributed by atoms with Gasteiger partial charge >= 0.3 is 5.97 Å². The number of carbonyl (C=O) groups excluding carboxylic acids is 1. The molecule has 20 heavy (non-hydrogen) atoms. The third-order valence-corrected chi connectivity index (χ3v) is 4.79. The van der Waals surface area contributed by atoms with E-state index in [0.29, 0.717) is 12.6 Å². The molecule has 1 heterocycles. The van der Waals surface area contributed by atoms with Crippen molar-refractivity contribution in [3.8, 4) is 0 Å². The topological polar surface area (TPSA) is 42.4 Å². The second-order valence-corrected chi connectivity index (χ2v) is 6.34. The van der Waals surface area contributed by atoms with Crippen molar-refractivity contribution in [3.63, 3.8) is 0 Å². The molecular weight excluding hydrogens is 272 g/mol. The molecular formula is C15H24N2O2S. The number of hydrogen-bond acceptors (Lipinski definition) is 5. The summed E-state index contributed by atoms with van der Waals surface area (Å²) in [5.41, 5.74) is 1.09. The van der Waals surface area contributed by atoms with Gasteiger partial charge in [0.25, 0.3) is 0 Å². The lowest BCUT2D eigenvalue weighted by Gasteiger charge is -2.26. The predicted octanol–water partition coefficient (Wildman–Crippen LogP) is 3.01. The minimum atomic E-state index is -0.152. The van der Waals surface area contributed by atoms with Crippen LogP contribution in [0, 0.1) is 0 Å². The van der Waals surface area contributed by atoms with Crippen LogP contribution in [-0.4, -0.2) is 35.5 Å². The number of nitrogens with zero attached hydrogens (tertiary/aromatic N) is 2. The van der Waals surface area contributed by atoms with E-state index in [1.165, 1.54) is 37.8 Å². The number of hydrogen-bond donors (Lipinski definition) is 0. The van der Waals surface area contributed by atoms with Gasteiger partial charge in [0.1, 0.15) is 0 Å². The number of rotatable bonds is 7. The molecule has 1 aromatic heterocycles. The number of methoxy groups -OCH3 is 1. The molecule has 0 N–H and O–H groups in total. The summed E-state index contributed by atoms with van der Waals surface area (Å²) in [5, 5.41) is 3.33. The van der Waals surface area contributed by atoms with Crippen molar-refractivity contribution < 1.29 is 9.53 Å². The maximum atomic E-state index is 11.6. The summed E-state index contributed by atoms with van der Waals surface area (Å²) in [4.78, 5) is 18.5. The van der Waals surface area contributed by atoms with E-state index in [1.807, 2.05) is 0 Å². The molecule has 1 aliphatic carbocycles. The number of thiazole rings is 1. The lowest BCUT2D eigenvalue weighted by Crippen LogP contribution is -2.37. The maximum Gasteiger partial charge on any atom is 0.319 e. The van der Waals surface area contributed by atoms with E-state index in [9.17, 15) is 4.79 Å². The summed E-state index contributed by atoms with van der Waals surface area (Å²) in [6.07, 6.45) is 7.07. The number of carbonyl (C=O) groups is 1. The van der Waals surface area contributed by atoms with E-state index in [1.54, 1.807) is 11.3 Å². The fourth-order valence-corrected chi connectivity index (χ4v) is 3.66. The van der Waals surface area contributed by atoms with Crippen LogP contribution < -0.4 is 0 Å². The third-order valence-electron chi connectivity index (χ3n) is 3.83. The first kappa shape index (κ1) is 15.4. The molecule has 1 aliphatic rings. The zero-order valence-corrected chi connectivity index (χ0v) is 13.2. The van der Waals surface area contributed by atoms with Gasteiger partial charge in [-0.3, -0.25) is 9.69 Å². The Balaban J connectivity index is 1.99. The van der Waals surface area contributed by atoms with Crippen LogP contribution in [0.4, 0.5) is 0 Å². The Hall–Kier alpha value is -0.940. The fraction of sp³-hybridized carbons (Fsp3) is 0.733. The number of aryl methyl sites for hydroxylation is 1. The van der Waals surface area contributed by atoms with Crippen LogP contribution in [0.25, 0.3) is 0 Å². The molecule has 112 valence electrons. The summed E-state index contributed by atoms with van der Waals surface area (Å²) in [7, 11) is 1.46. The van der Waals surface area contributed by atoms with E-state index in [4.69, 9.17) is 4.74 Å². The van der Waals surface area contributed by atoms with Crippen LogP contribution in [0.1, 0.15) is 49.7 Å². The van der Waals surface area contributed by atoms with E-state index in [0.717, 1.165) is 25.1 Å². The molecule has 0 radical (unpaired) electrons. The van der Waals surface area contributed by atoms with Crippen molar-refractivity contribution in [2.75, 3.05) is 13.7 Å². The smallest absolute Gasteiger partial charge is 0.319 e. The van der Waals surface area contributed by atoms with Gasteiger partial charge in [-0.2, -0.15) is 0 Å². The molecule has 0 bridgehead atoms. The number of aromatic nitrogens is 1. The fourth-order valence-electron chi connectivity index (χ4n) is 2.77. The average Bonchev–Trinajstić information content (AvgIpc) is 3.09. The Bertz CT molecular complexity index is 427. The lowest BCUT2D eigenvalue weighted by atomic mass is 10.2. The maximum absolute atomic E-state index is 11.6. The molecule has 0 aliphatic heterocycles. The quantitative estimate of drug-likeness (QED) is 0.725. The molecule has 4 nitrogen and oxygen atoms in total. The van der Waals surface area contributed by atoms with Crippen molar-refractivity contribution in [1.29, 1.82) is 0 Å². The van der Waals surface area contributed by atoms with Gasteiger partial charge in [-0.25, -0.2) is 4.98 Å². The molecule has 1 aromatic rings. The summed E-state index contributed by atoms with van der Waals surface area (Å²) in [6.45, 7) is 3.31. The lowest BCUT2D eigenvalue weighted by molar-refractivity contribution is -0.142. The second-order valence-electron chi connectivity index (χ2n) is 5.40. The van der Waals surface area contributed by atoms with E-state index < -0.39 is 0 Å². The molecule has 0 atom stereocenters. The van der Waals surface area contributed by atoms with E-state index in [2.05, 4.69) is 22.2 Å². The Kier molecular flexibility index (Phi) is 5.98. The number of ether oxygens (including phenoxy) is 1. The van der Waals surface area contributed by atoms with Gasteiger partial charge in [-0.1, -0.05) is 19.8 Å². The van der Waals surface area contributed by atoms with Crippen LogP contribution >= 0.6 is 11.3 Å². The van der Waals surface area contributed by atoms with Gasteiger partial charge in [0.2, 0.25) is 0 Å². The molecule has 0 spiro atoms. The van der Waals surface area contributed by atoms with Crippen molar-refractivity contribution in [2.45, 2.75) is 58.0 Å². The van der Waals surface area contributed by atoms with Crippen molar-refractivity contribution in [1.82, 2.24) is 9.88 Å². The van der Waals surface area contributed by atoms with Crippen LogP contribution in [0.3, 0.4) is 0 Å². The van der Waals surface area contributed by atoms with Crippen LogP contribution in [-0.2, 0) is 22.5 Å². The molecule has 1 fully saturated rings. The Morgan fingerprint density at radius 1 is 1.50 bits per heavy atom. The van der Waals surface area contributed by atoms with E-state index >= 15 is 0 Å². The van der Waals surface area contributed by atoms with Gasteiger partial charge in [-0.15, -0.1) is 11.3 Å². The van der Waals surface area contributed by atoms with Gasteiger partial charge in [0, 0.05) is 18.0 Å². The van der Waals surface area contributed by atoms with Gasteiger partial charge in [0.15, 0.2) is 0 Å². The Labute approximate surface area is 125 Å². The molecule has 0 unspecified atom stereocenters. The first-order valence-corrected chi connectivity index (χ1v) is 8.35. The predicted molar refractivity (Wildman–Crippen MR) is 80.8 cm³/mol. The first-order valence-electron chi connectivity index (χ1n) is 7.47. The Morgan fingerprint density at radius 2 is 2.25 bits per heavy atom. The van der Waals surface area contributed by atoms with Gasteiger partial charge in [-0.05, 0) is 25.7 Å². The summed E-state index contributed by atoms with van der Waals surface area (Å²) < 4.78 is 4.82. The monoisotopic (exact) mass is 296 g/mol. The van der Waals surface area contributed by atoms with Crippen molar-refractivity contribution >= 4 is 17.3 Å². The zero-order chi connectivity index (χ0) is 14.4. The average molecular weight is 296 g/mol. The minimum absolute atomic E-state index is 0.152. The summed E-state index contributed by atoms with van der Waals surface area (Å²) >= 11 is 1.73. The highest BCUT2D eigenvalue weighted by atomic mass is 32.1. The normalized spacial score (nSPS) is 15.9. The van der Waals surface area contributed by atoms with Crippen LogP contribution in [0.2, 0.25) is 0 Å². The third kappa shape index (κ3) is 4.28. The highest BCUT2D eigenvalue weighted by Gasteiger charge is 2.25. The van der Waals surface area contributed by atoms with Gasteiger partial charge < -0.3 is 4.74 Å². The molecule has 0 amide bonds. The van der Waals surface area contributed by atoms with Crippen molar-refractivity contribution in [2.24, 2.45) is 0 Å². The Morgan fingerprint density at radius 3 is 2.90 bits per heavy atom. The standard InChI is InChI=1S/C15H24N2O2S/c1-3-6-14-16-12(11-20-14)9-17(10-15(18)19-2)13-7-4-5-8-13/h11,13H,3-10H2,1-2H3. The molecule has 5 heteroatoms. The highest BCUT2D eigenvalue weighted by Crippen LogP contribution is 2.25. The SMILES string of the molecule is CCCc1nc(CN(CC(=O)OC)C2CCCC2)cs1. The second kappa shape index (κ2) is 7.74. The number of esters is 1. The van der Waals surface area contributed by atoms with Crippen molar-refractivity contribution in [3.05, 3.63) is 16.1 Å². The molecule has 1 saturated carbocycles. The van der Waals surface area contributed by atoms with E-state index in [-0.39, 0.29) is 5.97 Å². The largest absolute Gasteiger partial charge is 0.468 e. The van der Waals surface area contributed by atoms with Gasteiger partial charge in [0.05, 0.1) is 24.4 Å². The summed E-state index contributed by atoms with van der Waals surface area (Å²) in [5.74, 6) is -0.152. The first-order chi connectivity index (χ1) is 9.72. The minimum Gasteiger partial charge on any atom is -0.468 e. The molecule has 2 rings (SSSR count). The molecule has 0 saturated heterocycles. The van der Waals surface area contributed by atoms with Crippen LogP contribution in [0.5, 0.6) is 0 Å².